The first-order valence-corrected chi connectivity index (χ1v) is 11.3. The van der Waals surface area contributed by atoms with E-state index in [1.807, 2.05) is 36.6 Å². The Morgan fingerprint density at radius 3 is 2.58 bits per heavy atom. The number of hydrogen-bond acceptors (Lipinski definition) is 5. The Bertz CT molecular complexity index is 1270. The summed E-state index contributed by atoms with van der Waals surface area (Å²) < 4.78 is 15.3. The van der Waals surface area contributed by atoms with E-state index in [0.29, 0.717) is 23.6 Å². The molecule has 4 rings (SSSR count). The van der Waals surface area contributed by atoms with Crippen LogP contribution in [0.3, 0.4) is 0 Å². The monoisotopic (exact) mass is 463 g/mol. The summed E-state index contributed by atoms with van der Waals surface area (Å²) >= 11 is 1.45. The Balaban J connectivity index is 1.56. The lowest BCUT2D eigenvalue weighted by atomic mass is 10.1. The summed E-state index contributed by atoms with van der Waals surface area (Å²) in [6.45, 7) is 3.64. The topological polar surface area (TPSA) is 88.9 Å². The Hall–Kier alpha value is -3.85. The molecule has 0 fully saturated rings. The molecule has 2 N–H and O–H groups in total. The second-order valence-electron chi connectivity index (χ2n) is 7.35. The van der Waals surface area contributed by atoms with E-state index >= 15 is 0 Å². The molecule has 4 aromatic rings. The van der Waals surface area contributed by atoms with Crippen LogP contribution in [0.2, 0.25) is 0 Å². The average molecular weight is 464 g/mol. The maximum Gasteiger partial charge on any atom is 0.291 e. The summed E-state index contributed by atoms with van der Waals surface area (Å²) in [6.07, 6.45) is 0.400. The van der Waals surface area contributed by atoms with E-state index in [0.717, 1.165) is 10.4 Å². The molecular formula is C24H22FN5O2S. The van der Waals surface area contributed by atoms with Crippen LogP contribution in [-0.4, -0.2) is 26.6 Å². The minimum atomic E-state index is -0.446. The van der Waals surface area contributed by atoms with Gasteiger partial charge in [0.2, 0.25) is 11.7 Å². The van der Waals surface area contributed by atoms with E-state index in [2.05, 4.69) is 20.7 Å². The molecule has 0 saturated heterocycles. The van der Waals surface area contributed by atoms with Gasteiger partial charge in [0.1, 0.15) is 5.82 Å². The van der Waals surface area contributed by atoms with E-state index in [1.54, 1.807) is 31.2 Å². The van der Waals surface area contributed by atoms with Crippen LogP contribution in [0.25, 0.3) is 16.4 Å². The number of carbonyl (C=O) groups excluding carboxylic acids is 2. The van der Waals surface area contributed by atoms with Gasteiger partial charge in [-0.25, -0.2) is 14.1 Å². The Labute approximate surface area is 194 Å². The molecule has 2 aromatic heterocycles. The highest BCUT2D eigenvalue weighted by Gasteiger charge is 2.21. The third-order valence-electron chi connectivity index (χ3n) is 4.97. The van der Waals surface area contributed by atoms with Gasteiger partial charge in [-0.2, -0.15) is 0 Å². The minimum absolute atomic E-state index is 0.0126. The smallest absolute Gasteiger partial charge is 0.291 e. The molecule has 0 radical (unpaired) electrons. The molecule has 0 aliphatic heterocycles. The second-order valence-corrected chi connectivity index (χ2v) is 8.29. The molecule has 2 amide bonds. The number of anilines is 1. The number of benzene rings is 2. The summed E-state index contributed by atoms with van der Waals surface area (Å²) in [7, 11) is 0. The van der Waals surface area contributed by atoms with Crippen LogP contribution in [0.15, 0.2) is 66.0 Å². The highest BCUT2D eigenvalue weighted by Crippen LogP contribution is 2.26. The van der Waals surface area contributed by atoms with Gasteiger partial charge in [0.05, 0.1) is 16.6 Å². The average Bonchev–Trinajstić information content (AvgIpc) is 3.49. The second kappa shape index (κ2) is 9.74. The van der Waals surface area contributed by atoms with Crippen LogP contribution < -0.4 is 10.6 Å². The van der Waals surface area contributed by atoms with E-state index in [-0.39, 0.29) is 17.8 Å². The van der Waals surface area contributed by atoms with Crippen molar-refractivity contribution in [3.63, 3.8) is 0 Å². The molecular weight excluding hydrogens is 441 g/mol. The molecule has 1 unspecified atom stereocenters. The lowest BCUT2D eigenvalue weighted by Gasteiger charge is -2.14. The number of halogens is 1. The third kappa shape index (κ3) is 5.15. The minimum Gasteiger partial charge on any atom is -0.343 e. The van der Waals surface area contributed by atoms with Gasteiger partial charge in [0, 0.05) is 12.1 Å². The Morgan fingerprint density at radius 2 is 1.91 bits per heavy atom. The van der Waals surface area contributed by atoms with E-state index < -0.39 is 11.7 Å². The molecule has 0 saturated carbocycles. The number of amides is 2. The number of thiophene rings is 1. The molecule has 0 bridgehead atoms. The van der Waals surface area contributed by atoms with Crippen LogP contribution in [0.4, 0.5) is 10.1 Å². The number of carbonyl (C=O) groups is 2. The highest BCUT2D eigenvalue weighted by molar-refractivity contribution is 7.13. The zero-order valence-corrected chi connectivity index (χ0v) is 18.9. The fraction of sp³-hybridized carbons (Fsp3) is 0.167. The summed E-state index contributed by atoms with van der Waals surface area (Å²) in [5.41, 5.74) is 2.03. The van der Waals surface area contributed by atoms with E-state index in [4.69, 9.17) is 0 Å². The Morgan fingerprint density at radius 1 is 1.12 bits per heavy atom. The molecule has 1 atom stereocenters. The van der Waals surface area contributed by atoms with Crippen molar-refractivity contribution in [2.75, 3.05) is 5.32 Å². The Kier molecular flexibility index (Phi) is 6.60. The highest BCUT2D eigenvalue weighted by atomic mass is 32.1. The van der Waals surface area contributed by atoms with Crippen LogP contribution in [0, 0.1) is 5.82 Å². The summed E-state index contributed by atoms with van der Waals surface area (Å²) in [5.74, 6) is -0.464. The van der Waals surface area contributed by atoms with Gasteiger partial charge in [0.15, 0.2) is 5.82 Å². The normalized spacial score (nSPS) is 11.7. The number of rotatable bonds is 7. The summed E-state index contributed by atoms with van der Waals surface area (Å²) in [5, 5.41) is 12.0. The van der Waals surface area contributed by atoms with Crippen LogP contribution >= 0.6 is 11.3 Å². The summed E-state index contributed by atoms with van der Waals surface area (Å²) in [6, 6.07) is 16.7. The van der Waals surface area contributed by atoms with Crippen molar-refractivity contribution < 1.29 is 14.0 Å². The molecule has 33 heavy (non-hydrogen) atoms. The zero-order valence-electron chi connectivity index (χ0n) is 18.1. The number of hydrogen-bond donors (Lipinski definition) is 2. The van der Waals surface area contributed by atoms with Gasteiger partial charge >= 0.3 is 0 Å². The van der Waals surface area contributed by atoms with Crippen molar-refractivity contribution in [2.24, 2.45) is 0 Å². The molecule has 0 spiro atoms. The van der Waals surface area contributed by atoms with E-state index in [1.165, 1.54) is 28.2 Å². The van der Waals surface area contributed by atoms with Crippen molar-refractivity contribution in [1.82, 2.24) is 20.1 Å². The van der Waals surface area contributed by atoms with Gasteiger partial charge in [0.25, 0.3) is 5.91 Å². The lowest BCUT2D eigenvalue weighted by molar-refractivity contribution is -0.115. The van der Waals surface area contributed by atoms with Crippen molar-refractivity contribution in [3.05, 3.63) is 83.2 Å². The predicted octanol–water partition coefficient (Wildman–Crippen LogP) is 4.97. The number of nitrogens with zero attached hydrogens (tertiary/aromatic N) is 3. The zero-order chi connectivity index (χ0) is 23.4. The fourth-order valence-corrected chi connectivity index (χ4v) is 3.91. The molecule has 2 heterocycles. The number of nitrogens with one attached hydrogen (secondary N) is 2. The molecule has 168 valence electrons. The van der Waals surface area contributed by atoms with Gasteiger partial charge in [-0.3, -0.25) is 9.59 Å². The maximum atomic E-state index is 13.8. The fourth-order valence-electron chi connectivity index (χ4n) is 3.21. The lowest BCUT2D eigenvalue weighted by Crippen LogP contribution is -2.27. The molecule has 7 nitrogen and oxygen atoms in total. The van der Waals surface area contributed by atoms with Gasteiger partial charge in [-0.15, -0.1) is 16.4 Å². The first kappa shape index (κ1) is 22.3. The molecule has 0 aliphatic rings. The predicted molar refractivity (Wildman–Crippen MR) is 126 cm³/mol. The SMILES string of the molecule is CCC(=O)Nc1ccc(C(C)NC(=O)c2nc(-c3cccs3)n(-c3cccc(F)c3)n2)cc1. The van der Waals surface area contributed by atoms with Gasteiger partial charge in [-0.05, 0) is 54.3 Å². The van der Waals surface area contributed by atoms with Gasteiger partial charge in [-0.1, -0.05) is 31.2 Å². The standard InChI is InChI=1S/C24H22FN5O2S/c1-3-21(31)27-18-11-9-16(10-12-18)15(2)26-24(32)22-28-23(20-8-5-13-33-20)30(29-22)19-7-4-6-17(25)14-19/h4-15H,3H2,1-2H3,(H,26,32)(H,27,31). The maximum absolute atomic E-state index is 13.8. The first-order valence-electron chi connectivity index (χ1n) is 10.4. The molecule has 0 aliphatic carbocycles. The van der Waals surface area contributed by atoms with Gasteiger partial charge < -0.3 is 10.6 Å². The summed E-state index contributed by atoms with van der Waals surface area (Å²) in [4.78, 5) is 29.7. The quantitative estimate of drug-likeness (QED) is 0.405. The largest absolute Gasteiger partial charge is 0.343 e. The molecule has 9 heteroatoms. The third-order valence-corrected chi connectivity index (χ3v) is 5.83. The van der Waals surface area contributed by atoms with Crippen LogP contribution in [0.1, 0.15) is 42.5 Å². The van der Waals surface area contributed by atoms with Crippen LogP contribution in [0.5, 0.6) is 0 Å². The van der Waals surface area contributed by atoms with E-state index in [9.17, 15) is 14.0 Å². The van der Waals surface area contributed by atoms with Crippen molar-refractivity contribution >= 4 is 28.8 Å². The first-order chi connectivity index (χ1) is 15.9. The van der Waals surface area contributed by atoms with Crippen molar-refractivity contribution in [1.29, 1.82) is 0 Å². The molecule has 2 aromatic carbocycles. The van der Waals surface area contributed by atoms with Crippen molar-refractivity contribution in [3.8, 4) is 16.4 Å². The van der Waals surface area contributed by atoms with Crippen molar-refractivity contribution in [2.45, 2.75) is 26.3 Å². The van der Waals surface area contributed by atoms with Crippen LogP contribution in [-0.2, 0) is 4.79 Å². The number of aromatic nitrogens is 3.